The fraction of sp³-hybridized carbons (Fsp3) is 0.533. The predicted octanol–water partition coefficient (Wildman–Crippen LogP) is 1.09. The third-order valence-electron chi connectivity index (χ3n) is 4.10. The number of hydrogen-bond acceptors (Lipinski definition) is 4. The van der Waals surface area contributed by atoms with Crippen LogP contribution in [0.3, 0.4) is 0 Å². The van der Waals surface area contributed by atoms with Gasteiger partial charge in [0.05, 0.1) is 17.5 Å². The summed E-state index contributed by atoms with van der Waals surface area (Å²) in [5.41, 5.74) is 6.79. The molecule has 7 heteroatoms. The fourth-order valence-corrected chi connectivity index (χ4v) is 3.20. The Morgan fingerprint density at radius 1 is 1.36 bits per heavy atom. The summed E-state index contributed by atoms with van der Waals surface area (Å²) in [6, 6.07) is 5.57. The van der Waals surface area contributed by atoms with Gasteiger partial charge in [-0.25, -0.2) is 12.8 Å². The Morgan fingerprint density at radius 2 is 1.95 bits per heavy atom. The van der Waals surface area contributed by atoms with Gasteiger partial charge in [0.1, 0.15) is 6.17 Å². The second-order valence-electron chi connectivity index (χ2n) is 5.83. The van der Waals surface area contributed by atoms with Crippen molar-refractivity contribution in [1.82, 2.24) is 4.90 Å². The quantitative estimate of drug-likeness (QED) is 0.897. The van der Waals surface area contributed by atoms with Crippen molar-refractivity contribution in [3.8, 4) is 0 Å². The highest BCUT2D eigenvalue weighted by molar-refractivity contribution is 7.90. The lowest BCUT2D eigenvalue weighted by Gasteiger charge is -2.25. The van der Waals surface area contributed by atoms with Crippen LogP contribution in [-0.2, 0) is 14.6 Å². The molecule has 1 heterocycles. The zero-order chi connectivity index (χ0) is 16.5. The van der Waals surface area contributed by atoms with E-state index in [1.807, 2.05) is 0 Å². The summed E-state index contributed by atoms with van der Waals surface area (Å²) in [5.74, 6) is -0.542. The first-order valence-corrected chi connectivity index (χ1v) is 9.07. The van der Waals surface area contributed by atoms with Crippen LogP contribution in [0.4, 0.5) is 4.39 Å². The van der Waals surface area contributed by atoms with Gasteiger partial charge in [0, 0.05) is 18.7 Å². The monoisotopic (exact) mass is 328 g/mol. The SMILES string of the molecule is C[C@@H](c1ccc(S(C)(=O)=O)cc1)[C@H](N)C(=O)N1CC[C@H](F)C1. The Hall–Kier alpha value is -1.47. The molecule has 0 bridgehead atoms. The van der Waals surface area contributed by atoms with E-state index < -0.39 is 22.1 Å². The summed E-state index contributed by atoms with van der Waals surface area (Å²) in [7, 11) is -3.25. The molecule has 1 saturated heterocycles. The molecule has 0 unspecified atom stereocenters. The average Bonchev–Trinajstić information content (AvgIpc) is 2.90. The van der Waals surface area contributed by atoms with E-state index in [4.69, 9.17) is 5.73 Å². The van der Waals surface area contributed by atoms with Gasteiger partial charge >= 0.3 is 0 Å². The van der Waals surface area contributed by atoms with Crippen LogP contribution in [0.2, 0.25) is 0 Å². The van der Waals surface area contributed by atoms with Crippen LogP contribution in [0.25, 0.3) is 0 Å². The second-order valence-corrected chi connectivity index (χ2v) is 7.84. The summed E-state index contributed by atoms with van der Waals surface area (Å²) in [6.45, 7) is 2.31. The minimum Gasteiger partial charge on any atom is -0.338 e. The Morgan fingerprint density at radius 3 is 2.41 bits per heavy atom. The van der Waals surface area contributed by atoms with E-state index >= 15 is 0 Å². The van der Waals surface area contributed by atoms with Crippen molar-refractivity contribution in [3.63, 3.8) is 0 Å². The molecule has 1 fully saturated rings. The van der Waals surface area contributed by atoms with Gasteiger partial charge in [-0.2, -0.15) is 0 Å². The lowest BCUT2D eigenvalue weighted by atomic mass is 9.93. The van der Waals surface area contributed by atoms with E-state index in [9.17, 15) is 17.6 Å². The van der Waals surface area contributed by atoms with Gasteiger partial charge in [0.25, 0.3) is 0 Å². The molecule has 1 aliphatic rings. The van der Waals surface area contributed by atoms with Crippen molar-refractivity contribution in [1.29, 1.82) is 0 Å². The maximum absolute atomic E-state index is 13.2. The average molecular weight is 328 g/mol. The molecule has 3 atom stereocenters. The van der Waals surface area contributed by atoms with Crippen LogP contribution in [0.1, 0.15) is 24.8 Å². The molecular weight excluding hydrogens is 307 g/mol. The highest BCUT2D eigenvalue weighted by atomic mass is 32.2. The molecule has 1 aromatic rings. The van der Waals surface area contributed by atoms with Gasteiger partial charge in [-0.15, -0.1) is 0 Å². The number of nitrogens with two attached hydrogens (primary N) is 1. The minimum atomic E-state index is -3.25. The molecule has 2 N–H and O–H groups in total. The number of carbonyl (C=O) groups is 1. The Kier molecular flexibility index (Phi) is 4.87. The summed E-state index contributed by atoms with van der Waals surface area (Å²) < 4.78 is 36.1. The molecule has 5 nitrogen and oxygen atoms in total. The smallest absolute Gasteiger partial charge is 0.240 e. The van der Waals surface area contributed by atoms with Crippen molar-refractivity contribution >= 4 is 15.7 Å². The van der Waals surface area contributed by atoms with Gasteiger partial charge < -0.3 is 10.6 Å². The number of rotatable bonds is 4. The summed E-state index contributed by atoms with van der Waals surface area (Å²) in [6.07, 6.45) is 0.526. The van der Waals surface area contributed by atoms with Crippen LogP contribution in [0, 0.1) is 0 Å². The van der Waals surface area contributed by atoms with E-state index in [-0.39, 0.29) is 23.3 Å². The lowest BCUT2D eigenvalue weighted by Crippen LogP contribution is -2.45. The Balaban J connectivity index is 2.10. The molecule has 0 radical (unpaired) electrons. The molecule has 0 spiro atoms. The largest absolute Gasteiger partial charge is 0.338 e. The highest BCUT2D eigenvalue weighted by Crippen LogP contribution is 2.23. The van der Waals surface area contributed by atoms with Crippen LogP contribution < -0.4 is 5.73 Å². The number of likely N-dealkylation sites (tertiary alicyclic amines) is 1. The third-order valence-corrected chi connectivity index (χ3v) is 5.23. The van der Waals surface area contributed by atoms with Crippen LogP contribution in [0.15, 0.2) is 29.2 Å². The van der Waals surface area contributed by atoms with Crippen LogP contribution >= 0.6 is 0 Å². The topological polar surface area (TPSA) is 80.5 Å². The Labute approximate surface area is 130 Å². The molecular formula is C15H21FN2O3S. The number of benzene rings is 1. The van der Waals surface area contributed by atoms with Crippen LogP contribution in [-0.4, -0.2) is 50.8 Å². The highest BCUT2D eigenvalue weighted by Gasteiger charge is 2.32. The molecule has 0 aromatic heterocycles. The summed E-state index contributed by atoms with van der Waals surface area (Å²) in [5, 5.41) is 0. The Bertz CT molecular complexity index is 645. The first kappa shape index (κ1) is 16.9. The van der Waals surface area contributed by atoms with Crippen molar-refractivity contribution < 1.29 is 17.6 Å². The maximum atomic E-state index is 13.2. The van der Waals surface area contributed by atoms with Gasteiger partial charge in [-0.3, -0.25) is 4.79 Å². The number of halogens is 1. The number of carbonyl (C=O) groups excluding carboxylic acids is 1. The van der Waals surface area contributed by atoms with E-state index in [1.54, 1.807) is 19.1 Å². The zero-order valence-electron chi connectivity index (χ0n) is 12.7. The van der Waals surface area contributed by atoms with Crippen molar-refractivity contribution in [2.24, 2.45) is 5.73 Å². The maximum Gasteiger partial charge on any atom is 0.240 e. The number of amides is 1. The third kappa shape index (κ3) is 3.64. The van der Waals surface area contributed by atoms with E-state index in [0.29, 0.717) is 13.0 Å². The second kappa shape index (κ2) is 6.34. The van der Waals surface area contributed by atoms with Gasteiger partial charge in [-0.1, -0.05) is 19.1 Å². The summed E-state index contributed by atoms with van der Waals surface area (Å²) >= 11 is 0. The summed E-state index contributed by atoms with van der Waals surface area (Å²) in [4.78, 5) is 14.0. The predicted molar refractivity (Wildman–Crippen MR) is 82.0 cm³/mol. The number of hydrogen-bond donors (Lipinski definition) is 1. The van der Waals surface area contributed by atoms with E-state index in [2.05, 4.69) is 0 Å². The molecule has 122 valence electrons. The first-order chi connectivity index (χ1) is 10.2. The van der Waals surface area contributed by atoms with Gasteiger partial charge in [0.15, 0.2) is 9.84 Å². The van der Waals surface area contributed by atoms with Crippen LogP contribution in [0.5, 0.6) is 0 Å². The molecule has 1 amide bonds. The standard InChI is InChI=1S/C15H21FN2O3S/c1-10(11-3-5-13(6-4-11)22(2,20)21)14(17)15(19)18-8-7-12(16)9-18/h3-6,10,12,14H,7-9,17H2,1-2H3/t10-,12-,14-/m0/s1. The number of nitrogens with zero attached hydrogens (tertiary/aromatic N) is 1. The zero-order valence-corrected chi connectivity index (χ0v) is 13.5. The number of sulfone groups is 1. The van der Waals surface area contributed by atoms with Crippen molar-refractivity contribution in [2.75, 3.05) is 19.3 Å². The van der Waals surface area contributed by atoms with Crippen molar-refractivity contribution in [2.45, 2.75) is 36.4 Å². The molecule has 0 aliphatic carbocycles. The van der Waals surface area contributed by atoms with Gasteiger partial charge in [0.2, 0.25) is 5.91 Å². The molecule has 2 rings (SSSR count). The molecule has 1 aliphatic heterocycles. The number of alkyl halides is 1. The molecule has 0 saturated carbocycles. The van der Waals surface area contributed by atoms with Crippen molar-refractivity contribution in [3.05, 3.63) is 29.8 Å². The fourth-order valence-electron chi connectivity index (χ4n) is 2.57. The molecule has 22 heavy (non-hydrogen) atoms. The normalized spacial score (nSPS) is 21.6. The van der Waals surface area contributed by atoms with E-state index in [1.165, 1.54) is 17.0 Å². The first-order valence-electron chi connectivity index (χ1n) is 7.18. The minimum absolute atomic E-state index is 0.103. The lowest BCUT2D eigenvalue weighted by molar-refractivity contribution is -0.132. The molecule has 1 aromatic carbocycles. The van der Waals surface area contributed by atoms with Gasteiger partial charge in [-0.05, 0) is 24.1 Å². The van der Waals surface area contributed by atoms with E-state index in [0.717, 1.165) is 11.8 Å².